The number of ether oxygens (including phenoxy) is 1. The van der Waals surface area contributed by atoms with Crippen molar-refractivity contribution in [3.63, 3.8) is 0 Å². The summed E-state index contributed by atoms with van der Waals surface area (Å²) in [6.07, 6.45) is 0. The van der Waals surface area contributed by atoms with Crippen LogP contribution < -0.4 is 15.4 Å². The normalized spacial score (nSPS) is 15.9. The van der Waals surface area contributed by atoms with Crippen molar-refractivity contribution in [1.82, 2.24) is 5.32 Å². The van der Waals surface area contributed by atoms with Gasteiger partial charge in [0.05, 0.1) is 30.3 Å². The molecule has 5 nitrogen and oxygen atoms in total. The number of nitrogens with zero attached hydrogens (tertiary/aromatic N) is 1. The number of benzene rings is 2. The summed E-state index contributed by atoms with van der Waals surface area (Å²) in [5, 5.41) is 6.46. The molecule has 0 saturated carbocycles. The van der Waals surface area contributed by atoms with Gasteiger partial charge in [0.2, 0.25) is 5.70 Å². The molecule has 0 aliphatic carbocycles. The lowest BCUT2D eigenvalue weighted by molar-refractivity contribution is -0.113. The summed E-state index contributed by atoms with van der Waals surface area (Å²) in [4.78, 5) is 17.0. The third-order valence-corrected chi connectivity index (χ3v) is 5.67. The molecule has 3 rings (SSSR count). The second-order valence-electron chi connectivity index (χ2n) is 6.68. The van der Waals surface area contributed by atoms with Gasteiger partial charge in [0.1, 0.15) is 17.4 Å². The molecule has 1 heterocycles. The van der Waals surface area contributed by atoms with Crippen molar-refractivity contribution < 1.29 is 18.3 Å². The fourth-order valence-electron chi connectivity index (χ4n) is 3.43. The number of anilines is 1. The van der Waals surface area contributed by atoms with Gasteiger partial charge in [-0.25, -0.2) is 13.6 Å². The predicted molar refractivity (Wildman–Crippen MR) is 118 cm³/mol. The number of para-hydroxylation sites is 2. The Morgan fingerprint density at radius 1 is 1.29 bits per heavy atom. The number of dihydropyridines is 1. The molecule has 1 aliphatic rings. The Morgan fingerprint density at radius 3 is 2.68 bits per heavy atom. The first-order valence-corrected chi connectivity index (χ1v) is 10.5. The third kappa shape index (κ3) is 4.57. The maximum absolute atomic E-state index is 14.8. The Kier molecular flexibility index (Phi) is 6.98. The first-order chi connectivity index (χ1) is 14.9. The van der Waals surface area contributed by atoms with Crippen molar-refractivity contribution >= 4 is 23.4 Å². The van der Waals surface area contributed by atoms with Crippen LogP contribution in [0.4, 0.5) is 14.5 Å². The fraction of sp³-hybridized carbons (Fsp3) is 0.217. The first kappa shape index (κ1) is 22.4. The van der Waals surface area contributed by atoms with Gasteiger partial charge >= 0.3 is 0 Å². The lowest BCUT2D eigenvalue weighted by Crippen LogP contribution is -2.30. The minimum atomic E-state index is -0.983. The van der Waals surface area contributed by atoms with Crippen LogP contribution in [0.15, 0.2) is 64.5 Å². The zero-order valence-corrected chi connectivity index (χ0v) is 18.1. The molecule has 1 amide bonds. The van der Waals surface area contributed by atoms with E-state index in [0.717, 1.165) is 12.1 Å². The largest absolute Gasteiger partial charge is 0.495 e. The van der Waals surface area contributed by atoms with E-state index in [-0.39, 0.29) is 16.8 Å². The van der Waals surface area contributed by atoms with E-state index in [1.165, 1.54) is 24.9 Å². The van der Waals surface area contributed by atoms with Gasteiger partial charge in [-0.2, -0.15) is 0 Å². The van der Waals surface area contributed by atoms with Crippen LogP contribution >= 0.6 is 11.8 Å². The summed E-state index contributed by atoms with van der Waals surface area (Å²) in [6, 6.07) is 10.1. The summed E-state index contributed by atoms with van der Waals surface area (Å²) in [7, 11) is 1.49. The monoisotopic (exact) mass is 441 g/mol. The van der Waals surface area contributed by atoms with E-state index in [1.807, 2.05) is 6.92 Å². The van der Waals surface area contributed by atoms with E-state index in [0.29, 0.717) is 27.9 Å². The van der Waals surface area contributed by atoms with Crippen LogP contribution in [-0.4, -0.2) is 18.8 Å². The molecule has 1 unspecified atom stereocenters. The van der Waals surface area contributed by atoms with Crippen LogP contribution in [0.25, 0.3) is 4.85 Å². The van der Waals surface area contributed by atoms with Gasteiger partial charge in [-0.1, -0.05) is 25.1 Å². The number of hydrogen-bond acceptors (Lipinski definition) is 4. The fourth-order valence-corrected chi connectivity index (χ4v) is 4.26. The van der Waals surface area contributed by atoms with Crippen LogP contribution in [0.1, 0.15) is 25.3 Å². The Labute approximate surface area is 184 Å². The molecule has 1 aliphatic heterocycles. The van der Waals surface area contributed by atoms with Crippen molar-refractivity contribution in [3.8, 4) is 5.75 Å². The van der Waals surface area contributed by atoms with Crippen molar-refractivity contribution in [3.05, 3.63) is 93.1 Å². The molecule has 2 N–H and O–H groups in total. The van der Waals surface area contributed by atoms with E-state index in [1.54, 1.807) is 31.2 Å². The zero-order valence-electron chi connectivity index (χ0n) is 17.3. The Balaban J connectivity index is 2.13. The summed E-state index contributed by atoms with van der Waals surface area (Å²) < 4.78 is 33.6. The number of thioether (sulfide) groups is 1. The van der Waals surface area contributed by atoms with Crippen LogP contribution in [0, 0.1) is 18.2 Å². The van der Waals surface area contributed by atoms with Crippen LogP contribution in [0.5, 0.6) is 5.75 Å². The highest BCUT2D eigenvalue weighted by Gasteiger charge is 2.36. The molecular formula is C23H21F2N3O2S. The molecule has 8 heteroatoms. The number of nitrogens with one attached hydrogen (secondary N) is 2. The van der Waals surface area contributed by atoms with Gasteiger partial charge in [0.25, 0.3) is 5.91 Å². The molecule has 0 radical (unpaired) electrons. The van der Waals surface area contributed by atoms with E-state index < -0.39 is 23.5 Å². The molecule has 31 heavy (non-hydrogen) atoms. The lowest BCUT2D eigenvalue weighted by atomic mass is 9.84. The number of methoxy groups -OCH3 is 1. The lowest BCUT2D eigenvalue weighted by Gasteiger charge is -2.30. The summed E-state index contributed by atoms with van der Waals surface area (Å²) >= 11 is 1.39. The van der Waals surface area contributed by atoms with E-state index in [4.69, 9.17) is 11.3 Å². The molecule has 160 valence electrons. The Hall–Kier alpha value is -3.31. The van der Waals surface area contributed by atoms with E-state index >= 15 is 0 Å². The summed E-state index contributed by atoms with van der Waals surface area (Å²) in [5.74, 6) is -1.90. The maximum Gasteiger partial charge on any atom is 0.253 e. The van der Waals surface area contributed by atoms with Gasteiger partial charge in [-0.15, -0.1) is 11.8 Å². The summed E-state index contributed by atoms with van der Waals surface area (Å²) in [6.45, 7) is 11.3. The van der Waals surface area contributed by atoms with Crippen molar-refractivity contribution in [2.45, 2.75) is 19.8 Å². The number of rotatable bonds is 6. The molecule has 2 aromatic carbocycles. The van der Waals surface area contributed by atoms with Crippen LogP contribution in [-0.2, 0) is 4.79 Å². The molecular weight excluding hydrogens is 420 g/mol. The topological polar surface area (TPSA) is 54.7 Å². The van der Waals surface area contributed by atoms with Crippen molar-refractivity contribution in [1.29, 1.82) is 0 Å². The first-order valence-electron chi connectivity index (χ1n) is 9.52. The minimum Gasteiger partial charge on any atom is -0.495 e. The number of halogens is 2. The molecule has 1 atom stereocenters. The number of hydrogen-bond donors (Lipinski definition) is 2. The maximum atomic E-state index is 14.8. The van der Waals surface area contributed by atoms with Gasteiger partial charge in [0.15, 0.2) is 0 Å². The molecule has 0 bridgehead atoms. The van der Waals surface area contributed by atoms with Crippen LogP contribution in [0.2, 0.25) is 0 Å². The standard InChI is InChI=1S/C23H21F2N3O2S/c1-5-31-23-21(26-3)20(15-11-10-14(24)12-16(15)25)19(13(2)27-23)22(29)28-17-8-6-7-9-18(17)30-4/h6-12,20,27H,5H2,1-2,4H3,(H,28,29). The number of carbonyl (C=O) groups is 1. The van der Waals surface area contributed by atoms with E-state index in [9.17, 15) is 13.6 Å². The quantitative estimate of drug-likeness (QED) is 0.588. The average molecular weight is 442 g/mol. The summed E-state index contributed by atoms with van der Waals surface area (Å²) in [5.41, 5.74) is 1.36. The van der Waals surface area contributed by atoms with Gasteiger partial charge < -0.3 is 15.4 Å². The number of carbonyl (C=O) groups excluding carboxylic acids is 1. The second kappa shape index (κ2) is 9.67. The smallest absolute Gasteiger partial charge is 0.253 e. The van der Waals surface area contributed by atoms with Gasteiger partial charge in [0, 0.05) is 17.3 Å². The second-order valence-corrected chi connectivity index (χ2v) is 7.95. The number of allylic oxidation sites excluding steroid dienone is 2. The van der Waals surface area contributed by atoms with Crippen molar-refractivity contribution in [2.24, 2.45) is 0 Å². The predicted octanol–water partition coefficient (Wildman–Crippen LogP) is 5.41. The number of amides is 1. The van der Waals surface area contributed by atoms with Crippen molar-refractivity contribution in [2.75, 3.05) is 18.2 Å². The molecule has 0 aromatic heterocycles. The highest BCUT2D eigenvalue weighted by molar-refractivity contribution is 8.03. The molecule has 0 saturated heterocycles. The zero-order chi connectivity index (χ0) is 22.5. The minimum absolute atomic E-state index is 0.0626. The highest BCUT2D eigenvalue weighted by atomic mass is 32.2. The van der Waals surface area contributed by atoms with Gasteiger partial charge in [-0.05, 0) is 36.4 Å². The highest BCUT2D eigenvalue weighted by Crippen LogP contribution is 2.43. The van der Waals surface area contributed by atoms with Crippen LogP contribution in [0.3, 0.4) is 0 Å². The molecule has 0 spiro atoms. The molecule has 2 aromatic rings. The van der Waals surface area contributed by atoms with Gasteiger partial charge in [-0.3, -0.25) is 4.79 Å². The molecule has 0 fully saturated rings. The average Bonchev–Trinajstić information content (AvgIpc) is 2.74. The SMILES string of the molecule is [C-]#[N+]C1=C(SCC)NC(C)=C(C(=O)Nc2ccccc2OC)C1c1ccc(F)cc1F. The van der Waals surface area contributed by atoms with E-state index in [2.05, 4.69) is 15.5 Å². The Morgan fingerprint density at radius 2 is 2.03 bits per heavy atom. The Bertz CT molecular complexity index is 1120. The third-order valence-electron chi connectivity index (χ3n) is 4.78.